The summed E-state index contributed by atoms with van der Waals surface area (Å²) in [7, 11) is -3.85. The molecule has 24 heavy (non-hydrogen) atoms. The highest BCUT2D eigenvalue weighted by molar-refractivity contribution is 7.91. The van der Waals surface area contributed by atoms with Crippen LogP contribution in [0.4, 0.5) is 18.9 Å². The van der Waals surface area contributed by atoms with Crippen molar-refractivity contribution in [3.63, 3.8) is 0 Å². The minimum absolute atomic E-state index is 0.0207. The van der Waals surface area contributed by atoms with Crippen LogP contribution < -0.4 is 10.0 Å². The predicted molar refractivity (Wildman–Crippen MR) is 84.6 cm³/mol. The SMILES string of the molecule is O=C(CNS(=O)(=O)c1cccs1)Nc1cc(C(F)(F)F)ccc1Cl. The fourth-order valence-electron chi connectivity index (χ4n) is 1.64. The van der Waals surface area contributed by atoms with Gasteiger partial charge >= 0.3 is 6.18 Å². The molecule has 0 fully saturated rings. The Kier molecular flexibility index (Phi) is 5.53. The Hall–Kier alpha value is -1.62. The number of rotatable bonds is 5. The van der Waals surface area contributed by atoms with E-state index in [9.17, 15) is 26.4 Å². The number of amides is 1. The number of hydrogen-bond acceptors (Lipinski definition) is 4. The van der Waals surface area contributed by atoms with E-state index in [2.05, 4.69) is 10.0 Å². The Morgan fingerprint density at radius 2 is 1.96 bits per heavy atom. The van der Waals surface area contributed by atoms with Crippen molar-refractivity contribution in [2.75, 3.05) is 11.9 Å². The maximum atomic E-state index is 12.7. The van der Waals surface area contributed by atoms with Crippen molar-refractivity contribution in [1.82, 2.24) is 4.72 Å². The highest BCUT2D eigenvalue weighted by Crippen LogP contribution is 2.33. The van der Waals surface area contributed by atoms with Crippen LogP contribution in [-0.4, -0.2) is 20.9 Å². The lowest BCUT2D eigenvalue weighted by Gasteiger charge is -2.12. The van der Waals surface area contributed by atoms with Gasteiger partial charge in [0, 0.05) is 0 Å². The van der Waals surface area contributed by atoms with Crippen molar-refractivity contribution in [2.24, 2.45) is 0 Å². The molecule has 2 aromatic rings. The van der Waals surface area contributed by atoms with Gasteiger partial charge in [-0.2, -0.15) is 13.2 Å². The molecule has 1 amide bonds. The van der Waals surface area contributed by atoms with Crippen LogP contribution in [0.25, 0.3) is 0 Å². The van der Waals surface area contributed by atoms with E-state index in [4.69, 9.17) is 11.6 Å². The Balaban J connectivity index is 2.05. The molecule has 0 aliphatic carbocycles. The zero-order chi connectivity index (χ0) is 18.0. The molecule has 0 aliphatic rings. The number of halogens is 4. The van der Waals surface area contributed by atoms with Crippen LogP contribution in [0.5, 0.6) is 0 Å². The lowest BCUT2D eigenvalue weighted by Crippen LogP contribution is -2.32. The highest BCUT2D eigenvalue weighted by Gasteiger charge is 2.31. The zero-order valence-corrected chi connectivity index (χ0v) is 14.1. The molecule has 2 rings (SSSR count). The summed E-state index contributed by atoms with van der Waals surface area (Å²) < 4.78 is 63.7. The number of carbonyl (C=O) groups is 1. The summed E-state index contributed by atoms with van der Waals surface area (Å²) >= 11 is 6.71. The summed E-state index contributed by atoms with van der Waals surface area (Å²) in [6.45, 7) is -0.646. The van der Waals surface area contributed by atoms with Gasteiger partial charge in [0.05, 0.1) is 22.8 Å². The lowest BCUT2D eigenvalue weighted by atomic mass is 10.2. The third-order valence-electron chi connectivity index (χ3n) is 2.75. The van der Waals surface area contributed by atoms with E-state index in [-0.39, 0.29) is 14.9 Å². The highest BCUT2D eigenvalue weighted by atomic mass is 35.5. The topological polar surface area (TPSA) is 75.3 Å². The Morgan fingerprint density at radius 1 is 1.25 bits per heavy atom. The number of nitrogens with one attached hydrogen (secondary N) is 2. The third kappa shape index (κ3) is 4.69. The number of thiophene rings is 1. The van der Waals surface area contributed by atoms with Crippen LogP contribution in [0.3, 0.4) is 0 Å². The molecule has 0 bridgehead atoms. The van der Waals surface area contributed by atoms with Gasteiger partial charge in [0.15, 0.2) is 0 Å². The number of sulfonamides is 1. The maximum absolute atomic E-state index is 12.7. The minimum Gasteiger partial charge on any atom is -0.324 e. The normalized spacial score (nSPS) is 12.2. The second-order valence-electron chi connectivity index (χ2n) is 4.50. The number of anilines is 1. The van der Waals surface area contributed by atoms with Gasteiger partial charge in [-0.3, -0.25) is 4.79 Å². The van der Waals surface area contributed by atoms with Gasteiger partial charge in [-0.25, -0.2) is 13.1 Å². The predicted octanol–water partition coefficient (Wildman–Crippen LogP) is 3.34. The summed E-state index contributed by atoms with van der Waals surface area (Å²) in [6.07, 6.45) is -4.59. The largest absolute Gasteiger partial charge is 0.416 e. The van der Waals surface area contributed by atoms with Crippen molar-refractivity contribution in [2.45, 2.75) is 10.4 Å². The smallest absolute Gasteiger partial charge is 0.324 e. The van der Waals surface area contributed by atoms with Gasteiger partial charge < -0.3 is 5.32 Å². The third-order valence-corrected chi connectivity index (χ3v) is 5.88. The van der Waals surface area contributed by atoms with Gasteiger partial charge in [-0.1, -0.05) is 17.7 Å². The molecule has 2 N–H and O–H groups in total. The number of benzene rings is 1. The summed E-state index contributed by atoms with van der Waals surface area (Å²) in [5.74, 6) is -0.851. The van der Waals surface area contributed by atoms with E-state index >= 15 is 0 Å². The van der Waals surface area contributed by atoms with Crippen molar-refractivity contribution in [3.05, 3.63) is 46.3 Å². The van der Waals surface area contributed by atoms with Crippen LogP contribution in [0.15, 0.2) is 39.9 Å². The van der Waals surface area contributed by atoms with Gasteiger partial charge in [-0.15, -0.1) is 11.3 Å². The molecule has 0 unspecified atom stereocenters. The van der Waals surface area contributed by atoms with E-state index in [1.807, 2.05) is 0 Å². The van der Waals surface area contributed by atoms with Crippen LogP contribution in [0.1, 0.15) is 5.56 Å². The molecule has 0 saturated carbocycles. The first-order valence-electron chi connectivity index (χ1n) is 6.29. The van der Waals surface area contributed by atoms with E-state index in [0.29, 0.717) is 6.07 Å². The minimum atomic E-state index is -4.59. The maximum Gasteiger partial charge on any atom is 0.416 e. The molecule has 1 aromatic carbocycles. The van der Waals surface area contributed by atoms with E-state index in [1.54, 1.807) is 5.38 Å². The molecule has 0 radical (unpaired) electrons. The van der Waals surface area contributed by atoms with Crippen molar-refractivity contribution >= 4 is 44.6 Å². The van der Waals surface area contributed by atoms with E-state index in [1.165, 1.54) is 12.1 Å². The molecule has 11 heteroatoms. The fraction of sp³-hybridized carbons (Fsp3) is 0.154. The van der Waals surface area contributed by atoms with Crippen molar-refractivity contribution < 1.29 is 26.4 Å². The molecule has 0 atom stereocenters. The number of carbonyl (C=O) groups excluding carboxylic acids is 1. The van der Waals surface area contributed by atoms with Crippen molar-refractivity contribution in [3.8, 4) is 0 Å². The second kappa shape index (κ2) is 7.09. The first-order valence-corrected chi connectivity index (χ1v) is 9.03. The monoisotopic (exact) mass is 398 g/mol. The average molecular weight is 399 g/mol. The summed E-state index contributed by atoms with van der Waals surface area (Å²) in [5, 5.41) is 3.60. The Bertz CT molecular complexity index is 837. The second-order valence-corrected chi connectivity index (χ2v) is 7.85. The van der Waals surface area contributed by atoms with Crippen LogP contribution in [-0.2, 0) is 21.0 Å². The molecular formula is C13H10ClF3N2O3S2. The molecular weight excluding hydrogens is 389 g/mol. The molecule has 0 saturated heterocycles. The van der Waals surface area contributed by atoms with Crippen LogP contribution >= 0.6 is 22.9 Å². The standard InChI is InChI=1S/C13H10ClF3N2O3S2/c14-9-4-3-8(13(15,16)17)6-10(9)19-11(20)7-18-24(21,22)12-2-1-5-23-12/h1-6,18H,7H2,(H,19,20). The molecule has 5 nitrogen and oxygen atoms in total. The summed E-state index contributed by atoms with van der Waals surface area (Å²) in [6, 6.07) is 5.33. The molecule has 1 aromatic heterocycles. The quantitative estimate of drug-likeness (QED) is 0.811. The van der Waals surface area contributed by atoms with Crippen LogP contribution in [0.2, 0.25) is 5.02 Å². The van der Waals surface area contributed by atoms with E-state index < -0.39 is 34.2 Å². The van der Waals surface area contributed by atoms with E-state index in [0.717, 1.165) is 23.5 Å². The first kappa shape index (κ1) is 18.7. The zero-order valence-electron chi connectivity index (χ0n) is 11.7. The Labute approximate surface area is 144 Å². The van der Waals surface area contributed by atoms with Gasteiger partial charge in [0.1, 0.15) is 4.21 Å². The molecule has 0 aliphatic heterocycles. The summed E-state index contributed by atoms with van der Waals surface area (Å²) in [5.41, 5.74) is -1.24. The number of hydrogen-bond donors (Lipinski definition) is 2. The van der Waals surface area contributed by atoms with Crippen molar-refractivity contribution in [1.29, 1.82) is 0 Å². The van der Waals surface area contributed by atoms with Gasteiger partial charge in [-0.05, 0) is 29.6 Å². The lowest BCUT2D eigenvalue weighted by molar-refractivity contribution is -0.137. The number of alkyl halides is 3. The van der Waals surface area contributed by atoms with Gasteiger partial charge in [0.25, 0.3) is 10.0 Å². The summed E-state index contributed by atoms with van der Waals surface area (Å²) in [4.78, 5) is 11.8. The Morgan fingerprint density at radius 3 is 2.54 bits per heavy atom. The first-order chi connectivity index (χ1) is 11.1. The van der Waals surface area contributed by atoms with Gasteiger partial charge in [0.2, 0.25) is 5.91 Å². The van der Waals surface area contributed by atoms with Crippen LogP contribution in [0, 0.1) is 0 Å². The molecule has 1 heterocycles. The average Bonchev–Trinajstić information content (AvgIpc) is 3.01. The fourth-order valence-corrected chi connectivity index (χ4v) is 3.82. The molecule has 0 spiro atoms. The molecule has 130 valence electrons.